The summed E-state index contributed by atoms with van der Waals surface area (Å²) in [5.41, 5.74) is 18.7. The van der Waals surface area contributed by atoms with Crippen molar-refractivity contribution in [3.63, 3.8) is 0 Å². The lowest BCUT2D eigenvalue weighted by Gasteiger charge is -2.45. The van der Waals surface area contributed by atoms with Crippen LogP contribution in [0.3, 0.4) is 0 Å². The first kappa shape index (κ1) is 20.5. The Morgan fingerprint density at radius 2 is 1.73 bits per heavy atom. The molecule has 0 saturated carbocycles. The molecule has 0 unspecified atom stereocenters. The van der Waals surface area contributed by atoms with E-state index in [-0.39, 0.29) is 11.3 Å². The Hall–Kier alpha value is -2.72. The first-order valence-corrected chi connectivity index (χ1v) is 10.7. The molecule has 5 heteroatoms. The number of anilines is 1. The van der Waals surface area contributed by atoms with Gasteiger partial charge < -0.3 is 16.4 Å². The molecule has 1 amide bonds. The van der Waals surface area contributed by atoms with Crippen LogP contribution in [0.15, 0.2) is 71.2 Å². The second kappa shape index (κ2) is 7.51. The van der Waals surface area contributed by atoms with E-state index in [9.17, 15) is 4.79 Å². The zero-order chi connectivity index (χ0) is 21.6. The van der Waals surface area contributed by atoms with E-state index in [1.807, 2.05) is 29.2 Å². The number of rotatable bonds is 3. The lowest BCUT2D eigenvalue weighted by molar-refractivity contribution is -0.114. The van der Waals surface area contributed by atoms with Crippen LogP contribution >= 0.6 is 11.6 Å². The molecule has 0 radical (unpaired) electrons. The molecule has 0 saturated heterocycles. The zero-order valence-corrected chi connectivity index (χ0v) is 18.5. The number of allylic oxidation sites excluding steroid dienone is 2. The lowest BCUT2D eigenvalue weighted by Crippen LogP contribution is -2.42. The highest BCUT2D eigenvalue weighted by molar-refractivity contribution is 6.30. The Bertz CT molecular complexity index is 1050. The van der Waals surface area contributed by atoms with E-state index >= 15 is 0 Å². The van der Waals surface area contributed by atoms with E-state index in [1.165, 1.54) is 16.8 Å². The normalized spacial score (nSPS) is 20.9. The fourth-order valence-electron chi connectivity index (χ4n) is 4.67. The minimum absolute atomic E-state index is 0.150. The van der Waals surface area contributed by atoms with Gasteiger partial charge in [0.25, 0.3) is 0 Å². The summed E-state index contributed by atoms with van der Waals surface area (Å²) in [7, 11) is 0. The maximum Gasteiger partial charge on any atom is 0.249 e. The number of carbonyl (C=O) groups is 1. The Balaban J connectivity index is 1.96. The molecule has 4 rings (SSSR count). The van der Waals surface area contributed by atoms with Crippen LogP contribution in [0.4, 0.5) is 5.69 Å². The Morgan fingerprint density at radius 3 is 2.33 bits per heavy atom. The van der Waals surface area contributed by atoms with Crippen molar-refractivity contribution in [3.8, 4) is 0 Å². The van der Waals surface area contributed by atoms with Crippen molar-refractivity contribution in [1.82, 2.24) is 0 Å². The van der Waals surface area contributed by atoms with Crippen LogP contribution in [0.1, 0.15) is 50.2 Å². The SMILES string of the molecule is Cc1ccc(N2C(N)=C(C(N)=O)[C@H](c3ccc(Cl)cc3)C3=C2CC(C)(C)CC3)cc1. The molecule has 1 aliphatic carbocycles. The molecule has 0 aromatic heterocycles. The first-order valence-electron chi connectivity index (χ1n) is 10.3. The van der Waals surface area contributed by atoms with Crippen molar-refractivity contribution in [2.75, 3.05) is 4.90 Å². The van der Waals surface area contributed by atoms with Gasteiger partial charge in [0.15, 0.2) is 0 Å². The fraction of sp³-hybridized carbons (Fsp3) is 0.320. The third-order valence-electron chi connectivity index (χ3n) is 6.27. The second-order valence-electron chi connectivity index (χ2n) is 9.13. The highest BCUT2D eigenvalue weighted by atomic mass is 35.5. The van der Waals surface area contributed by atoms with Crippen molar-refractivity contribution in [1.29, 1.82) is 0 Å². The van der Waals surface area contributed by atoms with Gasteiger partial charge in [-0.2, -0.15) is 0 Å². The van der Waals surface area contributed by atoms with E-state index in [4.69, 9.17) is 23.1 Å². The standard InChI is InChI=1S/C25H28ClN3O/c1-15-4-10-18(11-5-15)29-20-14-25(2,3)13-12-19(20)21(22(23(29)27)24(28)30)16-6-8-17(26)9-7-16/h4-11,21H,12-14,27H2,1-3H3,(H2,28,30)/t21-/m1/s1. The van der Waals surface area contributed by atoms with E-state index in [1.54, 1.807) is 0 Å². The summed E-state index contributed by atoms with van der Waals surface area (Å²) in [6, 6.07) is 15.9. The van der Waals surface area contributed by atoms with Gasteiger partial charge in [-0.05, 0) is 67.0 Å². The smallest absolute Gasteiger partial charge is 0.249 e. The molecule has 0 fully saturated rings. The largest absolute Gasteiger partial charge is 0.384 e. The maximum atomic E-state index is 12.7. The van der Waals surface area contributed by atoms with E-state index < -0.39 is 5.91 Å². The number of benzene rings is 2. The number of primary amides is 1. The number of nitrogens with zero attached hydrogens (tertiary/aromatic N) is 1. The van der Waals surface area contributed by atoms with Gasteiger partial charge in [-0.15, -0.1) is 0 Å². The third-order valence-corrected chi connectivity index (χ3v) is 6.52. The van der Waals surface area contributed by atoms with Crippen molar-refractivity contribution in [2.45, 2.75) is 46.0 Å². The summed E-state index contributed by atoms with van der Waals surface area (Å²) >= 11 is 6.12. The molecular weight excluding hydrogens is 394 g/mol. The van der Waals surface area contributed by atoms with Gasteiger partial charge in [-0.1, -0.05) is 55.3 Å². The van der Waals surface area contributed by atoms with Gasteiger partial charge in [0.2, 0.25) is 5.91 Å². The number of aryl methyl sites for hydroxylation is 1. The van der Waals surface area contributed by atoms with Crippen LogP contribution in [-0.2, 0) is 4.79 Å². The van der Waals surface area contributed by atoms with Crippen molar-refractivity contribution < 1.29 is 4.79 Å². The molecule has 2 aliphatic rings. The van der Waals surface area contributed by atoms with Crippen LogP contribution in [0.2, 0.25) is 5.02 Å². The van der Waals surface area contributed by atoms with Gasteiger partial charge in [-0.25, -0.2) is 0 Å². The highest BCUT2D eigenvalue weighted by Crippen LogP contribution is 2.51. The van der Waals surface area contributed by atoms with Crippen LogP contribution in [0, 0.1) is 12.3 Å². The lowest BCUT2D eigenvalue weighted by atomic mass is 9.69. The van der Waals surface area contributed by atoms with Crippen LogP contribution in [-0.4, -0.2) is 5.91 Å². The molecule has 2 aromatic carbocycles. The number of hydrogen-bond acceptors (Lipinski definition) is 3. The number of nitrogens with two attached hydrogens (primary N) is 2. The van der Waals surface area contributed by atoms with Gasteiger partial charge in [-0.3, -0.25) is 4.79 Å². The number of halogens is 1. The minimum Gasteiger partial charge on any atom is -0.384 e. The summed E-state index contributed by atoms with van der Waals surface area (Å²) in [6.45, 7) is 6.62. The average Bonchev–Trinajstić information content (AvgIpc) is 2.68. The molecule has 1 atom stereocenters. The molecule has 1 aliphatic heterocycles. The Labute approximate surface area is 183 Å². The predicted molar refractivity (Wildman–Crippen MR) is 123 cm³/mol. The summed E-state index contributed by atoms with van der Waals surface area (Å²) in [5, 5.41) is 0.660. The van der Waals surface area contributed by atoms with Crippen LogP contribution in [0.5, 0.6) is 0 Å². The molecule has 4 N–H and O–H groups in total. The molecule has 0 spiro atoms. The summed E-state index contributed by atoms with van der Waals surface area (Å²) in [4.78, 5) is 14.7. The summed E-state index contributed by atoms with van der Waals surface area (Å²) < 4.78 is 0. The van der Waals surface area contributed by atoms with Crippen molar-refractivity contribution in [2.24, 2.45) is 16.9 Å². The fourth-order valence-corrected chi connectivity index (χ4v) is 4.80. The van der Waals surface area contributed by atoms with Crippen LogP contribution in [0.25, 0.3) is 0 Å². The maximum absolute atomic E-state index is 12.7. The number of hydrogen-bond donors (Lipinski definition) is 2. The number of amides is 1. The Morgan fingerprint density at radius 1 is 1.10 bits per heavy atom. The van der Waals surface area contributed by atoms with Crippen molar-refractivity contribution >= 4 is 23.2 Å². The van der Waals surface area contributed by atoms with Gasteiger partial charge in [0.05, 0.1) is 5.57 Å². The summed E-state index contributed by atoms with van der Waals surface area (Å²) in [6.07, 6.45) is 2.82. The van der Waals surface area contributed by atoms with E-state index in [0.29, 0.717) is 16.4 Å². The molecule has 2 aromatic rings. The Kier molecular flexibility index (Phi) is 5.15. The molecule has 156 valence electrons. The molecule has 4 nitrogen and oxygen atoms in total. The zero-order valence-electron chi connectivity index (χ0n) is 17.7. The molecule has 30 heavy (non-hydrogen) atoms. The van der Waals surface area contributed by atoms with Crippen LogP contribution < -0.4 is 16.4 Å². The highest BCUT2D eigenvalue weighted by Gasteiger charge is 2.42. The summed E-state index contributed by atoms with van der Waals surface area (Å²) in [5.74, 6) is -0.309. The predicted octanol–water partition coefficient (Wildman–Crippen LogP) is 5.37. The first-order chi connectivity index (χ1) is 14.2. The molecule has 1 heterocycles. The topological polar surface area (TPSA) is 72.3 Å². The van der Waals surface area contributed by atoms with Gasteiger partial charge in [0, 0.05) is 22.3 Å². The second-order valence-corrected chi connectivity index (χ2v) is 9.57. The monoisotopic (exact) mass is 421 g/mol. The van der Waals surface area contributed by atoms with Crippen molar-refractivity contribution in [3.05, 3.63) is 87.3 Å². The quantitative estimate of drug-likeness (QED) is 0.699. The molecule has 0 bridgehead atoms. The van der Waals surface area contributed by atoms with E-state index in [0.717, 1.165) is 30.5 Å². The third kappa shape index (κ3) is 3.61. The molecular formula is C25H28ClN3O. The number of carbonyl (C=O) groups excluding carboxylic acids is 1. The minimum atomic E-state index is -0.485. The van der Waals surface area contributed by atoms with Gasteiger partial charge >= 0.3 is 0 Å². The van der Waals surface area contributed by atoms with Gasteiger partial charge in [0.1, 0.15) is 5.82 Å². The van der Waals surface area contributed by atoms with E-state index in [2.05, 4.69) is 45.0 Å². The average molecular weight is 422 g/mol.